The van der Waals surface area contributed by atoms with Gasteiger partial charge in [0, 0.05) is 43.6 Å². The number of nitro groups is 1. The molecule has 0 saturated carbocycles. The Kier molecular flexibility index (Phi) is 4.00. The fourth-order valence-corrected chi connectivity index (χ4v) is 2.77. The first-order valence-electron chi connectivity index (χ1n) is 7.47. The van der Waals surface area contributed by atoms with E-state index >= 15 is 0 Å². The second-order valence-electron chi connectivity index (χ2n) is 5.77. The predicted molar refractivity (Wildman–Crippen MR) is 87.4 cm³/mol. The van der Waals surface area contributed by atoms with Crippen molar-refractivity contribution in [1.29, 1.82) is 5.26 Å². The van der Waals surface area contributed by atoms with Crippen LogP contribution in [0.3, 0.4) is 0 Å². The molecule has 1 saturated heterocycles. The largest absolute Gasteiger partial charge is 0.367 e. The van der Waals surface area contributed by atoms with Crippen LogP contribution in [0.15, 0.2) is 24.3 Å². The quantitative estimate of drug-likeness (QED) is 0.682. The van der Waals surface area contributed by atoms with Gasteiger partial charge in [0.25, 0.3) is 5.69 Å². The Balaban J connectivity index is 1.93. The molecule has 1 fully saturated rings. The van der Waals surface area contributed by atoms with Crippen LogP contribution < -0.4 is 5.32 Å². The molecule has 0 radical (unpaired) electrons. The van der Waals surface area contributed by atoms with E-state index in [9.17, 15) is 20.2 Å². The maximum absolute atomic E-state index is 11.8. The number of pyridine rings is 1. The molecule has 0 bridgehead atoms. The summed E-state index contributed by atoms with van der Waals surface area (Å²) >= 11 is 0. The third-order valence-corrected chi connectivity index (χ3v) is 4.14. The van der Waals surface area contributed by atoms with Gasteiger partial charge in [0.05, 0.1) is 22.1 Å². The Morgan fingerprint density at radius 3 is 2.92 bits per heavy atom. The first-order chi connectivity index (χ1) is 11.5. The van der Waals surface area contributed by atoms with Gasteiger partial charge in [-0.05, 0) is 18.6 Å². The molecular formula is C16H15N5O3. The highest BCUT2D eigenvalue weighted by Gasteiger charge is 2.23. The number of carbonyl (C=O) groups is 1. The van der Waals surface area contributed by atoms with Gasteiger partial charge >= 0.3 is 0 Å². The lowest BCUT2D eigenvalue weighted by atomic mass is 10.0. The lowest BCUT2D eigenvalue weighted by molar-refractivity contribution is -0.384. The zero-order valence-corrected chi connectivity index (χ0v) is 13.0. The van der Waals surface area contributed by atoms with E-state index in [-0.39, 0.29) is 17.6 Å². The highest BCUT2D eigenvalue weighted by Crippen LogP contribution is 2.26. The molecule has 2 heterocycles. The first kappa shape index (κ1) is 15.7. The monoisotopic (exact) mass is 325 g/mol. The van der Waals surface area contributed by atoms with Gasteiger partial charge < -0.3 is 10.2 Å². The number of hydrogen-bond donors (Lipinski definition) is 1. The van der Waals surface area contributed by atoms with Gasteiger partial charge in [-0.15, -0.1) is 0 Å². The number of anilines is 1. The van der Waals surface area contributed by atoms with Gasteiger partial charge in [0.15, 0.2) is 0 Å². The van der Waals surface area contributed by atoms with Crippen molar-refractivity contribution in [2.24, 2.45) is 0 Å². The minimum absolute atomic E-state index is 0.0387. The number of hydrogen-bond acceptors (Lipinski definition) is 6. The molecule has 1 N–H and O–H groups in total. The van der Waals surface area contributed by atoms with E-state index in [1.807, 2.05) is 0 Å². The van der Waals surface area contributed by atoms with Crippen LogP contribution in [0.2, 0.25) is 0 Å². The third-order valence-electron chi connectivity index (χ3n) is 4.14. The van der Waals surface area contributed by atoms with Crippen molar-refractivity contribution in [2.75, 3.05) is 18.9 Å². The van der Waals surface area contributed by atoms with Crippen molar-refractivity contribution in [3.63, 3.8) is 0 Å². The third kappa shape index (κ3) is 2.96. The highest BCUT2D eigenvalue weighted by molar-refractivity contribution is 5.88. The summed E-state index contributed by atoms with van der Waals surface area (Å²) in [5.41, 5.74) is 0.731. The number of aromatic nitrogens is 1. The molecule has 1 aromatic heterocycles. The molecule has 1 aromatic carbocycles. The van der Waals surface area contributed by atoms with Gasteiger partial charge in [-0.1, -0.05) is 0 Å². The summed E-state index contributed by atoms with van der Waals surface area (Å²) < 4.78 is 0. The van der Waals surface area contributed by atoms with Gasteiger partial charge in [0.2, 0.25) is 5.91 Å². The summed E-state index contributed by atoms with van der Waals surface area (Å²) in [5.74, 6) is 0.561. The number of fused-ring (bicyclic) bond motifs is 1. The average Bonchev–Trinajstić information content (AvgIpc) is 2.57. The van der Waals surface area contributed by atoms with Gasteiger partial charge in [-0.2, -0.15) is 5.26 Å². The summed E-state index contributed by atoms with van der Waals surface area (Å²) in [6.45, 7) is 0.668. The lowest BCUT2D eigenvalue weighted by Gasteiger charge is -2.29. The summed E-state index contributed by atoms with van der Waals surface area (Å²) in [5, 5.41) is 23.9. The van der Waals surface area contributed by atoms with Crippen LogP contribution >= 0.6 is 0 Å². The van der Waals surface area contributed by atoms with E-state index in [4.69, 9.17) is 0 Å². The standard InChI is InChI=1S/C16H15N5O3/c1-20-5-4-11(7-16(20)22)18-15-6-10(9-17)13-8-12(21(23)24)2-3-14(13)19-15/h2-3,6,8,11H,4-5,7H2,1H3,(H,18,19). The number of nitriles is 1. The lowest BCUT2D eigenvalue weighted by Crippen LogP contribution is -2.41. The molecule has 3 rings (SSSR count). The minimum atomic E-state index is -0.503. The van der Waals surface area contributed by atoms with Gasteiger partial charge in [0.1, 0.15) is 5.82 Å². The van der Waals surface area contributed by atoms with Crippen molar-refractivity contribution in [3.05, 3.63) is 39.9 Å². The number of non-ortho nitro benzene ring substituents is 1. The minimum Gasteiger partial charge on any atom is -0.367 e. The molecule has 0 aliphatic carbocycles. The first-order valence-corrected chi connectivity index (χ1v) is 7.47. The van der Waals surface area contributed by atoms with Crippen molar-refractivity contribution in [2.45, 2.75) is 18.9 Å². The van der Waals surface area contributed by atoms with Crippen molar-refractivity contribution in [1.82, 2.24) is 9.88 Å². The van der Waals surface area contributed by atoms with E-state index in [1.165, 1.54) is 18.2 Å². The number of rotatable bonds is 3. The molecule has 2 aromatic rings. The van der Waals surface area contributed by atoms with Gasteiger partial charge in [-0.25, -0.2) is 4.98 Å². The average molecular weight is 325 g/mol. The molecule has 8 heteroatoms. The number of benzene rings is 1. The van der Waals surface area contributed by atoms with Crippen molar-refractivity contribution < 1.29 is 9.72 Å². The summed E-state index contributed by atoms with van der Waals surface area (Å²) in [6.07, 6.45) is 1.17. The zero-order valence-electron chi connectivity index (χ0n) is 13.0. The molecule has 1 aliphatic heterocycles. The molecule has 1 atom stereocenters. The smallest absolute Gasteiger partial charge is 0.270 e. The van der Waals surface area contributed by atoms with Crippen LogP contribution in [0.5, 0.6) is 0 Å². The second kappa shape index (κ2) is 6.12. The number of likely N-dealkylation sites (tertiary alicyclic amines) is 1. The van der Waals surface area contributed by atoms with Crippen LogP contribution in [0, 0.1) is 21.4 Å². The SMILES string of the molecule is CN1CCC(Nc2cc(C#N)c3cc([N+](=O)[O-])ccc3n2)CC1=O. The normalized spacial score (nSPS) is 17.6. The van der Waals surface area contributed by atoms with E-state index in [0.29, 0.717) is 35.2 Å². The topological polar surface area (TPSA) is 112 Å². The Labute approximate surface area is 137 Å². The number of nitro benzene ring substituents is 1. The van der Waals surface area contributed by atoms with E-state index in [1.54, 1.807) is 18.0 Å². The number of amides is 1. The molecule has 1 aliphatic rings. The molecule has 122 valence electrons. The number of nitrogens with one attached hydrogen (secondary N) is 1. The molecule has 1 unspecified atom stereocenters. The van der Waals surface area contributed by atoms with E-state index in [0.717, 1.165) is 6.42 Å². The Hall–Kier alpha value is -3.21. The van der Waals surface area contributed by atoms with Crippen molar-refractivity contribution >= 4 is 28.3 Å². The fourth-order valence-electron chi connectivity index (χ4n) is 2.77. The highest BCUT2D eigenvalue weighted by atomic mass is 16.6. The van der Waals surface area contributed by atoms with Crippen LogP contribution in [-0.4, -0.2) is 40.3 Å². The molecule has 1 amide bonds. The van der Waals surface area contributed by atoms with Crippen LogP contribution in [0.4, 0.5) is 11.5 Å². The summed E-state index contributed by atoms with van der Waals surface area (Å²) in [7, 11) is 1.77. The molecule has 8 nitrogen and oxygen atoms in total. The van der Waals surface area contributed by atoms with Crippen LogP contribution in [-0.2, 0) is 4.79 Å². The maximum atomic E-state index is 11.8. The van der Waals surface area contributed by atoms with E-state index in [2.05, 4.69) is 16.4 Å². The van der Waals surface area contributed by atoms with Crippen molar-refractivity contribution in [3.8, 4) is 6.07 Å². The van der Waals surface area contributed by atoms with Crippen LogP contribution in [0.25, 0.3) is 10.9 Å². The maximum Gasteiger partial charge on any atom is 0.270 e. The Morgan fingerprint density at radius 2 is 2.25 bits per heavy atom. The molecular weight excluding hydrogens is 310 g/mol. The fraction of sp³-hybridized carbons (Fsp3) is 0.312. The summed E-state index contributed by atoms with van der Waals surface area (Å²) in [6, 6.07) is 7.82. The number of piperidine rings is 1. The zero-order chi connectivity index (χ0) is 17.3. The Morgan fingerprint density at radius 1 is 1.46 bits per heavy atom. The second-order valence-corrected chi connectivity index (χ2v) is 5.77. The predicted octanol–water partition coefficient (Wildman–Crippen LogP) is 2.05. The number of carbonyl (C=O) groups excluding carboxylic acids is 1. The van der Waals surface area contributed by atoms with E-state index < -0.39 is 4.92 Å². The van der Waals surface area contributed by atoms with Gasteiger partial charge in [-0.3, -0.25) is 14.9 Å². The molecule has 24 heavy (non-hydrogen) atoms. The Bertz CT molecular complexity index is 874. The van der Waals surface area contributed by atoms with Crippen LogP contribution in [0.1, 0.15) is 18.4 Å². The summed E-state index contributed by atoms with van der Waals surface area (Å²) in [4.78, 5) is 28.3. The molecule has 0 spiro atoms. The number of nitrogens with zero attached hydrogens (tertiary/aromatic N) is 4.